The quantitative estimate of drug-likeness (QED) is 0.518. The highest BCUT2D eigenvalue weighted by Crippen LogP contribution is 2.23. The Labute approximate surface area is 61.6 Å². The Bertz CT molecular complexity index is 114. The summed E-state index contributed by atoms with van der Waals surface area (Å²) in [5.74, 6) is 0.106. The predicted molar refractivity (Wildman–Crippen MR) is 38.3 cm³/mol. The Morgan fingerprint density at radius 3 is 3.00 bits per heavy atom. The van der Waals surface area contributed by atoms with Crippen LogP contribution in [0.2, 0.25) is 0 Å². The van der Waals surface area contributed by atoms with Gasteiger partial charge in [0.25, 0.3) is 0 Å². The smallest absolute Gasteiger partial charge is 0.308 e. The molecular formula is C8H13O2. The van der Waals surface area contributed by atoms with E-state index in [1.54, 1.807) is 0 Å². The maximum absolute atomic E-state index is 10.9. The van der Waals surface area contributed by atoms with Gasteiger partial charge in [-0.05, 0) is 19.3 Å². The van der Waals surface area contributed by atoms with E-state index in [1.807, 2.05) is 0 Å². The lowest BCUT2D eigenvalue weighted by molar-refractivity contribution is -0.146. The molecule has 1 unspecified atom stereocenters. The summed E-state index contributed by atoms with van der Waals surface area (Å²) in [6.07, 6.45) is 6.38. The van der Waals surface area contributed by atoms with Crippen LogP contribution in [-0.4, -0.2) is 13.1 Å². The van der Waals surface area contributed by atoms with Crippen molar-refractivity contribution in [3.8, 4) is 0 Å². The number of hydrogen-bond donors (Lipinski definition) is 0. The van der Waals surface area contributed by atoms with Gasteiger partial charge in [0.05, 0.1) is 13.0 Å². The van der Waals surface area contributed by atoms with Crippen LogP contribution in [0.1, 0.15) is 25.7 Å². The van der Waals surface area contributed by atoms with Crippen LogP contribution in [0.3, 0.4) is 0 Å². The topological polar surface area (TPSA) is 26.3 Å². The van der Waals surface area contributed by atoms with Crippen molar-refractivity contribution in [3.05, 3.63) is 6.42 Å². The fraction of sp³-hybridized carbons (Fsp3) is 0.750. The lowest BCUT2D eigenvalue weighted by Gasteiger charge is -2.18. The van der Waals surface area contributed by atoms with Gasteiger partial charge in [-0.25, -0.2) is 0 Å². The van der Waals surface area contributed by atoms with Crippen LogP contribution < -0.4 is 0 Å². The normalized spacial score (nSPS) is 20.5. The SMILES string of the molecule is COC(=O)C1C[CH]CCC1. The molecule has 10 heavy (non-hydrogen) atoms. The van der Waals surface area contributed by atoms with Gasteiger partial charge in [0.2, 0.25) is 0 Å². The van der Waals surface area contributed by atoms with Gasteiger partial charge in [-0.1, -0.05) is 12.8 Å². The number of ether oxygens (including phenoxy) is 1. The maximum atomic E-state index is 10.9. The first-order valence-electron chi connectivity index (χ1n) is 3.74. The van der Waals surface area contributed by atoms with Crippen molar-refractivity contribution in [2.45, 2.75) is 25.7 Å². The second-order valence-electron chi connectivity index (χ2n) is 2.68. The minimum atomic E-state index is -0.0454. The molecular weight excluding hydrogens is 128 g/mol. The van der Waals surface area contributed by atoms with Crippen LogP contribution in [-0.2, 0) is 9.53 Å². The second-order valence-corrected chi connectivity index (χ2v) is 2.68. The van der Waals surface area contributed by atoms with Crippen molar-refractivity contribution in [2.75, 3.05) is 7.11 Å². The van der Waals surface area contributed by atoms with Crippen molar-refractivity contribution in [1.29, 1.82) is 0 Å². The van der Waals surface area contributed by atoms with Crippen LogP contribution in [0.4, 0.5) is 0 Å². The van der Waals surface area contributed by atoms with E-state index in [0.29, 0.717) is 0 Å². The third-order valence-corrected chi connectivity index (χ3v) is 1.95. The van der Waals surface area contributed by atoms with E-state index >= 15 is 0 Å². The van der Waals surface area contributed by atoms with Gasteiger partial charge in [0.1, 0.15) is 0 Å². The number of hydrogen-bond acceptors (Lipinski definition) is 2. The van der Waals surface area contributed by atoms with E-state index < -0.39 is 0 Å². The van der Waals surface area contributed by atoms with Crippen molar-refractivity contribution >= 4 is 5.97 Å². The molecule has 0 aromatic carbocycles. The fourth-order valence-electron chi connectivity index (χ4n) is 1.33. The van der Waals surface area contributed by atoms with E-state index in [9.17, 15) is 4.79 Å². The highest BCUT2D eigenvalue weighted by molar-refractivity contribution is 5.72. The average Bonchev–Trinajstić information content (AvgIpc) is 2.05. The predicted octanol–water partition coefficient (Wildman–Crippen LogP) is 1.55. The van der Waals surface area contributed by atoms with Crippen molar-refractivity contribution in [1.82, 2.24) is 0 Å². The summed E-state index contributed by atoms with van der Waals surface area (Å²) in [5.41, 5.74) is 0. The van der Waals surface area contributed by atoms with Crippen molar-refractivity contribution < 1.29 is 9.53 Å². The molecule has 0 bridgehead atoms. The second kappa shape index (κ2) is 3.59. The van der Waals surface area contributed by atoms with Gasteiger partial charge in [0.15, 0.2) is 0 Å². The molecule has 2 heteroatoms. The molecule has 0 amide bonds. The molecule has 1 saturated carbocycles. The first-order valence-corrected chi connectivity index (χ1v) is 3.74. The van der Waals surface area contributed by atoms with E-state index in [0.717, 1.165) is 25.7 Å². The number of methoxy groups -OCH3 is 1. The summed E-state index contributed by atoms with van der Waals surface area (Å²) < 4.78 is 4.63. The Morgan fingerprint density at radius 1 is 1.70 bits per heavy atom. The van der Waals surface area contributed by atoms with Crippen LogP contribution in [0.25, 0.3) is 0 Å². The molecule has 0 aliphatic heterocycles. The summed E-state index contributed by atoms with van der Waals surface area (Å²) in [5, 5.41) is 0. The molecule has 0 saturated heterocycles. The molecule has 1 rings (SSSR count). The third-order valence-electron chi connectivity index (χ3n) is 1.95. The first-order chi connectivity index (χ1) is 4.84. The molecule has 1 aliphatic rings. The van der Waals surface area contributed by atoms with Gasteiger partial charge < -0.3 is 4.74 Å². The average molecular weight is 141 g/mol. The van der Waals surface area contributed by atoms with E-state index in [2.05, 4.69) is 11.2 Å². The molecule has 57 valence electrons. The van der Waals surface area contributed by atoms with Crippen LogP contribution >= 0.6 is 0 Å². The molecule has 0 N–H and O–H groups in total. The van der Waals surface area contributed by atoms with Crippen LogP contribution in [0.5, 0.6) is 0 Å². The lowest BCUT2D eigenvalue weighted by atomic mass is 9.89. The summed E-state index contributed by atoms with van der Waals surface area (Å²) in [6.45, 7) is 0. The lowest BCUT2D eigenvalue weighted by Crippen LogP contribution is -2.18. The summed E-state index contributed by atoms with van der Waals surface area (Å²) >= 11 is 0. The van der Waals surface area contributed by atoms with Crippen LogP contribution in [0, 0.1) is 12.3 Å². The number of esters is 1. The molecule has 1 aliphatic carbocycles. The Balaban J connectivity index is 2.31. The Hall–Kier alpha value is -0.530. The van der Waals surface area contributed by atoms with Crippen molar-refractivity contribution in [2.24, 2.45) is 5.92 Å². The number of rotatable bonds is 1. The zero-order valence-electron chi connectivity index (χ0n) is 6.30. The molecule has 0 heterocycles. The fourth-order valence-corrected chi connectivity index (χ4v) is 1.33. The Morgan fingerprint density at radius 2 is 2.50 bits per heavy atom. The zero-order chi connectivity index (χ0) is 7.40. The van der Waals surface area contributed by atoms with Crippen molar-refractivity contribution in [3.63, 3.8) is 0 Å². The summed E-state index contributed by atoms with van der Waals surface area (Å²) in [7, 11) is 1.46. The number of carbonyl (C=O) groups is 1. The monoisotopic (exact) mass is 141 g/mol. The molecule has 0 spiro atoms. The molecule has 2 nitrogen and oxygen atoms in total. The molecule has 1 atom stereocenters. The highest BCUT2D eigenvalue weighted by atomic mass is 16.5. The Kier molecular flexibility index (Phi) is 2.72. The van der Waals surface area contributed by atoms with E-state index in [1.165, 1.54) is 7.11 Å². The maximum Gasteiger partial charge on any atom is 0.308 e. The largest absolute Gasteiger partial charge is 0.469 e. The standard InChI is InChI=1S/C8H13O2/c1-10-8(9)7-5-3-2-4-6-7/h3,7H,2,4-6H2,1H3. The number of carbonyl (C=O) groups excluding carboxylic acids is 1. The zero-order valence-corrected chi connectivity index (χ0v) is 6.30. The minimum absolute atomic E-state index is 0.0454. The highest BCUT2D eigenvalue weighted by Gasteiger charge is 2.21. The van der Waals surface area contributed by atoms with Gasteiger partial charge in [0, 0.05) is 0 Å². The summed E-state index contributed by atoms with van der Waals surface area (Å²) in [4.78, 5) is 10.9. The van der Waals surface area contributed by atoms with E-state index in [-0.39, 0.29) is 11.9 Å². The van der Waals surface area contributed by atoms with Gasteiger partial charge in [-0.3, -0.25) is 4.79 Å². The first kappa shape index (κ1) is 7.58. The minimum Gasteiger partial charge on any atom is -0.469 e. The molecule has 0 aromatic heterocycles. The van der Waals surface area contributed by atoms with Crippen LogP contribution in [0.15, 0.2) is 0 Å². The van der Waals surface area contributed by atoms with E-state index in [4.69, 9.17) is 0 Å². The van der Waals surface area contributed by atoms with Gasteiger partial charge in [-0.15, -0.1) is 0 Å². The van der Waals surface area contributed by atoms with Gasteiger partial charge >= 0.3 is 5.97 Å². The molecule has 0 aromatic rings. The summed E-state index contributed by atoms with van der Waals surface area (Å²) in [6, 6.07) is 0. The van der Waals surface area contributed by atoms with Gasteiger partial charge in [-0.2, -0.15) is 0 Å². The molecule has 1 fully saturated rings. The molecule has 1 radical (unpaired) electrons. The third kappa shape index (κ3) is 1.72.